The average Bonchev–Trinajstić information content (AvgIpc) is 2.25. The van der Waals surface area contributed by atoms with Crippen LogP contribution in [-0.4, -0.2) is 36.6 Å². The number of carbonyl (C=O) groups is 2. The van der Waals surface area contributed by atoms with Crippen LogP contribution in [0.15, 0.2) is 0 Å². The Hall–Kier alpha value is -1.10. The van der Waals surface area contributed by atoms with E-state index in [4.69, 9.17) is 5.11 Å². The molecule has 0 unspecified atom stereocenters. The zero-order valence-corrected chi connectivity index (χ0v) is 9.16. The molecule has 0 aliphatic rings. The van der Waals surface area contributed by atoms with E-state index in [-0.39, 0.29) is 19.1 Å². The van der Waals surface area contributed by atoms with Crippen LogP contribution in [0.5, 0.6) is 0 Å². The fraction of sp³-hybridized carbons (Fsp3) is 0.800. The molecule has 0 rings (SSSR count). The predicted octanol–water partition coefficient (Wildman–Crippen LogP) is -0.210. The minimum absolute atomic E-state index is 0.0888. The molecule has 0 aliphatic heterocycles. The highest BCUT2D eigenvalue weighted by atomic mass is 16.3. The predicted molar refractivity (Wildman–Crippen MR) is 57.2 cm³/mol. The molecule has 0 bridgehead atoms. The van der Waals surface area contributed by atoms with Crippen molar-refractivity contribution in [2.24, 2.45) is 0 Å². The molecule has 0 fully saturated rings. The Balaban J connectivity index is 3.88. The highest BCUT2D eigenvalue weighted by Gasteiger charge is 2.15. The third-order valence-electron chi connectivity index (χ3n) is 2.09. The van der Waals surface area contributed by atoms with Crippen molar-refractivity contribution in [2.75, 3.05) is 13.2 Å². The summed E-state index contributed by atoms with van der Waals surface area (Å²) in [5, 5.41) is 13.5. The zero-order chi connectivity index (χ0) is 11.5. The van der Waals surface area contributed by atoms with E-state index in [2.05, 4.69) is 17.6 Å². The molecule has 0 aliphatic carbocycles. The van der Waals surface area contributed by atoms with Gasteiger partial charge >= 0.3 is 0 Å². The highest BCUT2D eigenvalue weighted by Crippen LogP contribution is 2.03. The standard InChI is InChI=1S/C10H20N2O3/c1-2-3-4-5-9(12-8-14)10(15)11-6-7-13/h8-9,13H,2-7H2,1H3,(H,11,15)(H,12,14)/t9-/m0/s1. The molecular weight excluding hydrogens is 196 g/mol. The van der Waals surface area contributed by atoms with Crippen LogP contribution >= 0.6 is 0 Å². The molecule has 5 heteroatoms. The molecule has 0 aromatic carbocycles. The van der Waals surface area contributed by atoms with Gasteiger partial charge in [0.2, 0.25) is 12.3 Å². The van der Waals surface area contributed by atoms with E-state index in [9.17, 15) is 9.59 Å². The second kappa shape index (κ2) is 9.45. The average molecular weight is 216 g/mol. The summed E-state index contributed by atoms with van der Waals surface area (Å²) < 4.78 is 0. The molecule has 0 saturated carbocycles. The van der Waals surface area contributed by atoms with Crippen LogP contribution in [0, 0.1) is 0 Å². The molecule has 2 amide bonds. The number of unbranched alkanes of at least 4 members (excludes halogenated alkanes) is 2. The second-order valence-corrected chi connectivity index (χ2v) is 3.35. The van der Waals surface area contributed by atoms with E-state index < -0.39 is 6.04 Å². The van der Waals surface area contributed by atoms with Crippen molar-refractivity contribution in [3.63, 3.8) is 0 Å². The van der Waals surface area contributed by atoms with Gasteiger partial charge in [-0.25, -0.2) is 0 Å². The van der Waals surface area contributed by atoms with Crippen LogP contribution < -0.4 is 10.6 Å². The number of amides is 2. The first-order valence-electron chi connectivity index (χ1n) is 5.34. The number of hydrogen-bond acceptors (Lipinski definition) is 3. The molecule has 0 saturated heterocycles. The summed E-state index contributed by atoms with van der Waals surface area (Å²) >= 11 is 0. The van der Waals surface area contributed by atoms with Crippen LogP contribution in [0.1, 0.15) is 32.6 Å². The van der Waals surface area contributed by atoms with Crippen molar-refractivity contribution in [2.45, 2.75) is 38.6 Å². The zero-order valence-electron chi connectivity index (χ0n) is 9.16. The molecule has 1 atom stereocenters. The summed E-state index contributed by atoms with van der Waals surface area (Å²) in [5.41, 5.74) is 0. The van der Waals surface area contributed by atoms with Gasteiger partial charge in [0.05, 0.1) is 6.61 Å². The lowest BCUT2D eigenvalue weighted by molar-refractivity contribution is -0.125. The van der Waals surface area contributed by atoms with Gasteiger partial charge in [0.15, 0.2) is 0 Å². The molecule has 0 aromatic heterocycles. The Morgan fingerprint density at radius 1 is 1.47 bits per heavy atom. The van der Waals surface area contributed by atoms with E-state index >= 15 is 0 Å². The van der Waals surface area contributed by atoms with E-state index in [0.717, 1.165) is 19.3 Å². The Bertz CT molecular complexity index is 186. The fourth-order valence-electron chi connectivity index (χ4n) is 1.27. The van der Waals surface area contributed by atoms with Gasteiger partial charge in [0.25, 0.3) is 0 Å². The first-order chi connectivity index (χ1) is 7.26. The maximum atomic E-state index is 11.4. The third kappa shape index (κ3) is 6.90. The fourth-order valence-corrected chi connectivity index (χ4v) is 1.27. The SMILES string of the molecule is CCCCC[C@H](NC=O)C(=O)NCCO. The van der Waals surface area contributed by atoms with Gasteiger partial charge in [-0.2, -0.15) is 0 Å². The smallest absolute Gasteiger partial charge is 0.242 e. The van der Waals surface area contributed by atoms with Crippen molar-refractivity contribution in [3.8, 4) is 0 Å². The van der Waals surface area contributed by atoms with E-state index in [0.29, 0.717) is 12.8 Å². The number of aliphatic hydroxyl groups is 1. The van der Waals surface area contributed by atoms with Gasteiger partial charge in [0, 0.05) is 6.54 Å². The minimum atomic E-state index is -0.472. The van der Waals surface area contributed by atoms with E-state index in [1.165, 1.54) is 0 Å². The Labute approximate surface area is 90.2 Å². The minimum Gasteiger partial charge on any atom is -0.395 e. The molecule has 5 nitrogen and oxygen atoms in total. The number of rotatable bonds is 9. The highest BCUT2D eigenvalue weighted by molar-refractivity contribution is 5.83. The molecule has 3 N–H and O–H groups in total. The maximum absolute atomic E-state index is 11.4. The van der Waals surface area contributed by atoms with Crippen molar-refractivity contribution < 1.29 is 14.7 Å². The normalized spacial score (nSPS) is 11.9. The van der Waals surface area contributed by atoms with Gasteiger partial charge in [-0.1, -0.05) is 26.2 Å². The summed E-state index contributed by atoms with van der Waals surface area (Å²) in [6.45, 7) is 2.21. The van der Waals surface area contributed by atoms with Crippen molar-refractivity contribution in [1.29, 1.82) is 0 Å². The summed E-state index contributed by atoms with van der Waals surface area (Å²) in [6, 6.07) is -0.472. The van der Waals surface area contributed by atoms with Gasteiger partial charge < -0.3 is 15.7 Å². The monoisotopic (exact) mass is 216 g/mol. The first kappa shape index (κ1) is 13.9. The number of aliphatic hydroxyl groups excluding tert-OH is 1. The number of hydrogen-bond donors (Lipinski definition) is 3. The molecule has 88 valence electrons. The largest absolute Gasteiger partial charge is 0.395 e. The summed E-state index contributed by atoms with van der Waals surface area (Å²) in [5.74, 6) is -0.229. The van der Waals surface area contributed by atoms with Crippen molar-refractivity contribution in [3.05, 3.63) is 0 Å². The molecule has 15 heavy (non-hydrogen) atoms. The lowest BCUT2D eigenvalue weighted by Gasteiger charge is -2.15. The van der Waals surface area contributed by atoms with E-state index in [1.54, 1.807) is 0 Å². The molecule has 0 heterocycles. The van der Waals surface area contributed by atoms with Crippen LogP contribution in [0.3, 0.4) is 0 Å². The maximum Gasteiger partial charge on any atom is 0.242 e. The van der Waals surface area contributed by atoms with Gasteiger partial charge in [-0.3, -0.25) is 9.59 Å². The van der Waals surface area contributed by atoms with Crippen LogP contribution in [0.4, 0.5) is 0 Å². The third-order valence-corrected chi connectivity index (χ3v) is 2.09. The van der Waals surface area contributed by atoms with Crippen molar-refractivity contribution in [1.82, 2.24) is 10.6 Å². The molecule has 0 spiro atoms. The Morgan fingerprint density at radius 2 is 2.20 bits per heavy atom. The summed E-state index contributed by atoms with van der Waals surface area (Å²) in [7, 11) is 0. The van der Waals surface area contributed by atoms with Gasteiger partial charge in [0.1, 0.15) is 6.04 Å². The Morgan fingerprint density at radius 3 is 2.73 bits per heavy atom. The summed E-state index contributed by atoms with van der Waals surface area (Å²) in [6.07, 6.45) is 4.21. The van der Waals surface area contributed by atoms with Crippen LogP contribution in [0.25, 0.3) is 0 Å². The lowest BCUT2D eigenvalue weighted by atomic mass is 10.1. The van der Waals surface area contributed by atoms with Gasteiger partial charge in [-0.15, -0.1) is 0 Å². The Kier molecular flexibility index (Phi) is 8.76. The van der Waals surface area contributed by atoms with Crippen LogP contribution in [-0.2, 0) is 9.59 Å². The molecule has 0 aromatic rings. The topological polar surface area (TPSA) is 78.4 Å². The number of nitrogens with one attached hydrogen (secondary N) is 2. The van der Waals surface area contributed by atoms with Gasteiger partial charge in [-0.05, 0) is 6.42 Å². The van der Waals surface area contributed by atoms with Crippen molar-refractivity contribution >= 4 is 12.3 Å². The van der Waals surface area contributed by atoms with E-state index in [1.807, 2.05) is 0 Å². The first-order valence-corrected chi connectivity index (χ1v) is 5.34. The molecule has 0 radical (unpaired) electrons. The number of carbonyl (C=O) groups excluding carboxylic acids is 2. The quantitative estimate of drug-likeness (QED) is 0.368. The molecular formula is C10H20N2O3. The lowest BCUT2D eigenvalue weighted by Crippen LogP contribution is -2.44. The van der Waals surface area contributed by atoms with Crippen LogP contribution in [0.2, 0.25) is 0 Å². The summed E-state index contributed by atoms with van der Waals surface area (Å²) in [4.78, 5) is 21.7. The second-order valence-electron chi connectivity index (χ2n) is 3.35.